The van der Waals surface area contributed by atoms with E-state index in [-0.39, 0.29) is 5.56 Å². The molecular weight excluding hydrogens is 260 g/mol. The van der Waals surface area contributed by atoms with E-state index < -0.39 is 0 Å². The van der Waals surface area contributed by atoms with Crippen LogP contribution in [0.1, 0.15) is 27.2 Å². The number of thiazole rings is 1. The molecule has 6 heteroatoms. The molecule has 0 aliphatic rings. The van der Waals surface area contributed by atoms with E-state index in [4.69, 9.17) is 0 Å². The molecule has 0 bridgehead atoms. The van der Waals surface area contributed by atoms with Gasteiger partial charge in [-0.15, -0.1) is 11.3 Å². The molecule has 0 fully saturated rings. The van der Waals surface area contributed by atoms with Gasteiger partial charge >= 0.3 is 0 Å². The zero-order chi connectivity index (χ0) is 13.8. The normalized spacial score (nSPS) is 12.4. The van der Waals surface area contributed by atoms with E-state index in [1.807, 2.05) is 12.3 Å². The summed E-state index contributed by atoms with van der Waals surface area (Å²) < 4.78 is 1.44. The van der Waals surface area contributed by atoms with Gasteiger partial charge in [0.25, 0.3) is 5.56 Å². The van der Waals surface area contributed by atoms with Crippen LogP contribution in [0.4, 0.5) is 5.13 Å². The maximum atomic E-state index is 11.5. The SMILES string of the molecule is CCC(C)Nc1nc(-c2ccc(=O)n(CC)n2)cs1. The number of aromatic nitrogens is 3. The smallest absolute Gasteiger partial charge is 0.266 e. The Kier molecular flexibility index (Phi) is 4.31. The highest BCUT2D eigenvalue weighted by molar-refractivity contribution is 7.14. The number of nitrogens with one attached hydrogen (secondary N) is 1. The summed E-state index contributed by atoms with van der Waals surface area (Å²) in [5.74, 6) is 0. The lowest BCUT2D eigenvalue weighted by Crippen LogP contribution is -2.21. The Labute approximate surface area is 116 Å². The molecule has 0 aromatic carbocycles. The highest BCUT2D eigenvalue weighted by Gasteiger charge is 2.08. The number of hydrogen-bond acceptors (Lipinski definition) is 5. The maximum Gasteiger partial charge on any atom is 0.266 e. The zero-order valence-corrected chi connectivity index (χ0v) is 12.2. The molecule has 0 aliphatic heterocycles. The molecule has 102 valence electrons. The molecule has 0 saturated heterocycles. The molecule has 0 aliphatic carbocycles. The first-order valence-electron chi connectivity index (χ1n) is 6.44. The van der Waals surface area contributed by atoms with Crippen LogP contribution >= 0.6 is 11.3 Å². The second-order valence-corrected chi connectivity index (χ2v) is 5.22. The molecular formula is C13H18N4OS. The molecule has 2 rings (SSSR count). The summed E-state index contributed by atoms with van der Waals surface area (Å²) in [5.41, 5.74) is 1.45. The average molecular weight is 278 g/mol. The molecule has 0 saturated carbocycles. The van der Waals surface area contributed by atoms with Crippen molar-refractivity contribution >= 4 is 16.5 Å². The van der Waals surface area contributed by atoms with Crippen LogP contribution in [0.2, 0.25) is 0 Å². The predicted octanol–water partition coefficient (Wildman–Crippen LogP) is 2.60. The fourth-order valence-electron chi connectivity index (χ4n) is 1.58. The molecule has 2 aromatic rings. The highest BCUT2D eigenvalue weighted by Crippen LogP contribution is 2.23. The third-order valence-electron chi connectivity index (χ3n) is 2.92. The van der Waals surface area contributed by atoms with Crippen LogP contribution < -0.4 is 10.9 Å². The summed E-state index contributed by atoms with van der Waals surface area (Å²) in [6.45, 7) is 6.71. The maximum absolute atomic E-state index is 11.5. The van der Waals surface area contributed by atoms with Crippen molar-refractivity contribution in [2.75, 3.05) is 5.32 Å². The predicted molar refractivity (Wildman–Crippen MR) is 78.7 cm³/mol. The van der Waals surface area contributed by atoms with E-state index in [2.05, 4.69) is 29.2 Å². The second-order valence-electron chi connectivity index (χ2n) is 4.36. The van der Waals surface area contributed by atoms with Crippen molar-refractivity contribution in [2.24, 2.45) is 0 Å². The third kappa shape index (κ3) is 3.20. The van der Waals surface area contributed by atoms with E-state index in [1.54, 1.807) is 17.4 Å². The summed E-state index contributed by atoms with van der Waals surface area (Å²) in [7, 11) is 0. The van der Waals surface area contributed by atoms with Crippen molar-refractivity contribution in [3.8, 4) is 11.4 Å². The van der Waals surface area contributed by atoms with Gasteiger partial charge in [-0.1, -0.05) is 6.92 Å². The Morgan fingerprint density at radius 3 is 2.84 bits per heavy atom. The summed E-state index contributed by atoms with van der Waals surface area (Å²) >= 11 is 1.56. The van der Waals surface area contributed by atoms with Crippen LogP contribution in [-0.4, -0.2) is 20.8 Å². The number of rotatable bonds is 5. The molecule has 0 amide bonds. The molecule has 1 atom stereocenters. The van der Waals surface area contributed by atoms with E-state index >= 15 is 0 Å². The highest BCUT2D eigenvalue weighted by atomic mass is 32.1. The summed E-state index contributed by atoms with van der Waals surface area (Å²) in [6, 6.07) is 3.65. The monoisotopic (exact) mass is 278 g/mol. The third-order valence-corrected chi connectivity index (χ3v) is 3.69. The van der Waals surface area contributed by atoms with Crippen molar-refractivity contribution in [1.29, 1.82) is 0 Å². The number of anilines is 1. The standard InChI is InChI=1S/C13H18N4OS/c1-4-9(3)14-13-15-11(8-19-13)10-6-7-12(18)17(5-2)16-10/h6-9H,4-5H2,1-3H3,(H,14,15). The lowest BCUT2D eigenvalue weighted by Gasteiger charge is -2.08. The molecule has 1 N–H and O–H groups in total. The van der Waals surface area contributed by atoms with Crippen LogP contribution in [0.3, 0.4) is 0 Å². The number of nitrogens with zero attached hydrogens (tertiary/aromatic N) is 3. The number of hydrogen-bond donors (Lipinski definition) is 1. The first-order valence-corrected chi connectivity index (χ1v) is 7.32. The van der Waals surface area contributed by atoms with Gasteiger partial charge in [-0.2, -0.15) is 5.10 Å². The minimum atomic E-state index is -0.0839. The molecule has 2 aromatic heterocycles. The van der Waals surface area contributed by atoms with E-state index in [0.29, 0.717) is 12.6 Å². The lowest BCUT2D eigenvalue weighted by molar-refractivity contribution is 0.618. The van der Waals surface area contributed by atoms with Crippen LogP contribution in [0.25, 0.3) is 11.4 Å². The van der Waals surface area contributed by atoms with Crippen molar-refractivity contribution < 1.29 is 0 Å². The van der Waals surface area contributed by atoms with Crippen LogP contribution in [0.5, 0.6) is 0 Å². The minimum Gasteiger partial charge on any atom is -0.359 e. The second kappa shape index (κ2) is 5.97. The Morgan fingerprint density at radius 2 is 2.16 bits per heavy atom. The van der Waals surface area contributed by atoms with Crippen molar-refractivity contribution in [3.05, 3.63) is 27.9 Å². The quantitative estimate of drug-likeness (QED) is 0.913. The van der Waals surface area contributed by atoms with Gasteiger partial charge in [-0.25, -0.2) is 9.67 Å². The molecule has 0 spiro atoms. The Hall–Kier alpha value is -1.69. The largest absolute Gasteiger partial charge is 0.359 e. The zero-order valence-electron chi connectivity index (χ0n) is 11.4. The Bertz CT molecular complexity index is 605. The molecule has 0 radical (unpaired) electrons. The summed E-state index contributed by atoms with van der Waals surface area (Å²) in [5, 5.41) is 10.5. The van der Waals surface area contributed by atoms with Crippen molar-refractivity contribution in [3.63, 3.8) is 0 Å². The summed E-state index contributed by atoms with van der Waals surface area (Å²) in [6.07, 6.45) is 1.05. The van der Waals surface area contributed by atoms with Crippen LogP contribution in [0, 0.1) is 0 Å². The van der Waals surface area contributed by atoms with E-state index in [0.717, 1.165) is 22.9 Å². The van der Waals surface area contributed by atoms with Crippen LogP contribution in [-0.2, 0) is 6.54 Å². The fourth-order valence-corrected chi connectivity index (χ4v) is 2.40. The molecule has 1 unspecified atom stereocenters. The van der Waals surface area contributed by atoms with Gasteiger partial charge in [0.2, 0.25) is 0 Å². The van der Waals surface area contributed by atoms with Crippen LogP contribution in [0.15, 0.2) is 22.3 Å². The average Bonchev–Trinajstić information content (AvgIpc) is 2.87. The topological polar surface area (TPSA) is 59.8 Å². The Balaban J connectivity index is 2.25. The Morgan fingerprint density at radius 1 is 1.37 bits per heavy atom. The number of aryl methyl sites for hydroxylation is 1. The summed E-state index contributed by atoms with van der Waals surface area (Å²) in [4.78, 5) is 16.0. The molecule has 19 heavy (non-hydrogen) atoms. The minimum absolute atomic E-state index is 0.0839. The van der Waals surface area contributed by atoms with Gasteiger partial charge in [0, 0.05) is 24.0 Å². The van der Waals surface area contributed by atoms with Gasteiger partial charge in [0.1, 0.15) is 11.4 Å². The van der Waals surface area contributed by atoms with Gasteiger partial charge in [-0.05, 0) is 26.3 Å². The van der Waals surface area contributed by atoms with Gasteiger partial charge in [-0.3, -0.25) is 4.79 Å². The van der Waals surface area contributed by atoms with Gasteiger partial charge in [0.15, 0.2) is 5.13 Å². The van der Waals surface area contributed by atoms with E-state index in [9.17, 15) is 4.79 Å². The fraction of sp³-hybridized carbons (Fsp3) is 0.462. The van der Waals surface area contributed by atoms with Crippen molar-refractivity contribution in [2.45, 2.75) is 39.8 Å². The lowest BCUT2D eigenvalue weighted by atomic mass is 10.3. The molecule has 2 heterocycles. The van der Waals surface area contributed by atoms with Gasteiger partial charge < -0.3 is 5.32 Å². The van der Waals surface area contributed by atoms with E-state index in [1.165, 1.54) is 10.7 Å². The van der Waals surface area contributed by atoms with Gasteiger partial charge in [0.05, 0.1) is 0 Å². The first kappa shape index (κ1) is 13.7. The van der Waals surface area contributed by atoms with Crippen molar-refractivity contribution in [1.82, 2.24) is 14.8 Å². The molecule has 5 nitrogen and oxygen atoms in total. The first-order chi connectivity index (χ1) is 9.13.